The number of hydrogen-bond donors (Lipinski definition) is 3. The van der Waals surface area contributed by atoms with E-state index in [1.54, 1.807) is 6.08 Å². The summed E-state index contributed by atoms with van der Waals surface area (Å²) in [5.41, 5.74) is 11.6. The molecule has 9 heavy (non-hydrogen) atoms. The summed E-state index contributed by atoms with van der Waals surface area (Å²) in [6, 6.07) is 0. The van der Waals surface area contributed by atoms with Gasteiger partial charge in [-0.2, -0.15) is 0 Å². The Hall–Kier alpha value is -0.640. The quantitative estimate of drug-likeness (QED) is 0.502. The minimum Gasteiger partial charge on any atom is -0.398 e. The maximum atomic E-state index is 5.51. The molecular formula is C5H8BrN3. The summed E-state index contributed by atoms with van der Waals surface area (Å²) in [6.45, 7) is 0.689. The van der Waals surface area contributed by atoms with Crippen LogP contribution in [0.4, 0.5) is 0 Å². The predicted octanol–water partition coefficient (Wildman–Crippen LogP) is -0.0451. The molecule has 0 aromatic heterocycles. The first-order chi connectivity index (χ1) is 4.20. The molecule has 0 unspecified atom stereocenters. The molecule has 1 heterocycles. The molecule has 1 aliphatic heterocycles. The minimum absolute atomic E-state index is 0.621. The average molecular weight is 190 g/mol. The second-order valence-corrected chi connectivity index (χ2v) is 2.77. The van der Waals surface area contributed by atoms with Crippen LogP contribution in [-0.4, -0.2) is 6.54 Å². The summed E-state index contributed by atoms with van der Waals surface area (Å²) in [5, 5.41) is 2.92. The molecule has 0 atom stereocenters. The second kappa shape index (κ2) is 2.31. The normalized spacial score (nSPS) is 19.0. The number of hydrogen-bond acceptors (Lipinski definition) is 3. The molecule has 0 saturated carbocycles. The number of dihydropyridines is 1. The van der Waals surface area contributed by atoms with E-state index in [1.165, 1.54) is 0 Å². The van der Waals surface area contributed by atoms with Gasteiger partial charge in [-0.15, -0.1) is 0 Å². The maximum absolute atomic E-state index is 5.51. The lowest BCUT2D eigenvalue weighted by Gasteiger charge is -2.12. The molecule has 1 rings (SSSR count). The van der Waals surface area contributed by atoms with Crippen LogP contribution in [0.25, 0.3) is 0 Å². The number of nitrogens with two attached hydrogens (primary N) is 2. The molecule has 1 aliphatic rings. The van der Waals surface area contributed by atoms with Crippen molar-refractivity contribution in [2.24, 2.45) is 11.5 Å². The van der Waals surface area contributed by atoms with Crippen LogP contribution in [0.15, 0.2) is 22.1 Å². The van der Waals surface area contributed by atoms with Gasteiger partial charge in [0.25, 0.3) is 0 Å². The van der Waals surface area contributed by atoms with Crippen LogP contribution in [0.5, 0.6) is 0 Å². The van der Waals surface area contributed by atoms with Gasteiger partial charge in [-0.1, -0.05) is 15.9 Å². The lowest BCUT2D eigenvalue weighted by Crippen LogP contribution is -2.26. The van der Waals surface area contributed by atoms with Crippen molar-refractivity contribution in [3.63, 3.8) is 0 Å². The lowest BCUT2D eigenvalue weighted by atomic mass is 10.3. The standard InChI is InChI=1S/C5H8BrN3/c6-3-2-9-5(8)1-4(3)7/h1,9H,2,7-8H2. The molecule has 0 aromatic carbocycles. The Bertz CT molecular complexity index is 183. The van der Waals surface area contributed by atoms with Crippen molar-refractivity contribution in [3.8, 4) is 0 Å². The summed E-state index contributed by atoms with van der Waals surface area (Å²) in [4.78, 5) is 0. The second-order valence-electron chi connectivity index (χ2n) is 1.81. The topological polar surface area (TPSA) is 64.1 Å². The Balaban J connectivity index is 2.83. The number of halogens is 1. The van der Waals surface area contributed by atoms with Gasteiger partial charge in [0.1, 0.15) is 0 Å². The molecule has 0 aliphatic carbocycles. The molecule has 0 aromatic rings. The zero-order chi connectivity index (χ0) is 6.85. The molecule has 50 valence electrons. The van der Waals surface area contributed by atoms with Crippen molar-refractivity contribution in [2.45, 2.75) is 0 Å². The van der Waals surface area contributed by atoms with E-state index in [0.717, 1.165) is 4.48 Å². The van der Waals surface area contributed by atoms with Crippen molar-refractivity contribution < 1.29 is 0 Å². The largest absolute Gasteiger partial charge is 0.398 e. The monoisotopic (exact) mass is 189 g/mol. The van der Waals surface area contributed by atoms with Gasteiger partial charge in [0.05, 0.1) is 5.82 Å². The van der Waals surface area contributed by atoms with Crippen LogP contribution in [-0.2, 0) is 0 Å². The highest BCUT2D eigenvalue weighted by atomic mass is 79.9. The predicted molar refractivity (Wildman–Crippen MR) is 40.4 cm³/mol. The van der Waals surface area contributed by atoms with E-state index in [4.69, 9.17) is 11.5 Å². The fraction of sp³-hybridized carbons (Fsp3) is 0.200. The van der Waals surface area contributed by atoms with Crippen LogP contribution in [0, 0.1) is 0 Å². The van der Waals surface area contributed by atoms with Gasteiger partial charge in [-0.3, -0.25) is 0 Å². The molecule has 5 N–H and O–H groups in total. The molecule has 0 radical (unpaired) electrons. The van der Waals surface area contributed by atoms with Gasteiger partial charge in [0, 0.05) is 22.8 Å². The van der Waals surface area contributed by atoms with Crippen molar-refractivity contribution >= 4 is 15.9 Å². The first-order valence-corrected chi connectivity index (χ1v) is 3.34. The third-order valence-electron chi connectivity index (χ3n) is 1.07. The van der Waals surface area contributed by atoms with Gasteiger partial charge in [0.2, 0.25) is 0 Å². The molecular weight excluding hydrogens is 182 g/mol. The SMILES string of the molecule is NC1=CC(N)=C(Br)CN1. The van der Waals surface area contributed by atoms with Gasteiger partial charge in [-0.05, 0) is 0 Å². The van der Waals surface area contributed by atoms with E-state index < -0.39 is 0 Å². The Morgan fingerprint density at radius 2 is 2.22 bits per heavy atom. The highest BCUT2D eigenvalue weighted by Crippen LogP contribution is 2.11. The van der Waals surface area contributed by atoms with Gasteiger partial charge in [-0.25, -0.2) is 0 Å². The smallest absolute Gasteiger partial charge is 0.0984 e. The highest BCUT2D eigenvalue weighted by molar-refractivity contribution is 9.11. The number of allylic oxidation sites excluding steroid dienone is 1. The van der Waals surface area contributed by atoms with E-state index in [-0.39, 0.29) is 0 Å². The van der Waals surface area contributed by atoms with E-state index in [2.05, 4.69) is 21.2 Å². The zero-order valence-corrected chi connectivity index (χ0v) is 6.40. The molecule has 3 nitrogen and oxygen atoms in total. The summed E-state index contributed by atoms with van der Waals surface area (Å²) < 4.78 is 0.955. The molecule has 0 bridgehead atoms. The van der Waals surface area contributed by atoms with Gasteiger partial charge < -0.3 is 16.8 Å². The van der Waals surface area contributed by atoms with Crippen molar-refractivity contribution in [3.05, 3.63) is 22.1 Å². The summed E-state index contributed by atoms with van der Waals surface area (Å²) in [5.74, 6) is 0.621. The van der Waals surface area contributed by atoms with Crippen molar-refractivity contribution in [1.82, 2.24) is 5.32 Å². The molecule has 0 saturated heterocycles. The van der Waals surface area contributed by atoms with E-state index in [1.807, 2.05) is 0 Å². The fourth-order valence-electron chi connectivity index (χ4n) is 0.579. The molecule has 4 heteroatoms. The van der Waals surface area contributed by atoms with Crippen LogP contribution >= 0.6 is 15.9 Å². The first kappa shape index (κ1) is 6.48. The number of rotatable bonds is 0. The fourth-order valence-corrected chi connectivity index (χ4v) is 0.833. The van der Waals surface area contributed by atoms with Crippen LogP contribution in [0.3, 0.4) is 0 Å². The molecule has 0 spiro atoms. The zero-order valence-electron chi connectivity index (χ0n) is 4.82. The number of nitrogens with one attached hydrogen (secondary N) is 1. The lowest BCUT2D eigenvalue weighted by molar-refractivity contribution is 0.854. The summed E-state index contributed by atoms with van der Waals surface area (Å²) in [6.07, 6.45) is 1.69. The third kappa shape index (κ3) is 1.38. The van der Waals surface area contributed by atoms with E-state index in [0.29, 0.717) is 18.1 Å². The Labute approximate surface area is 61.9 Å². The Morgan fingerprint density at radius 3 is 2.67 bits per heavy atom. The van der Waals surface area contributed by atoms with Gasteiger partial charge >= 0.3 is 0 Å². The minimum atomic E-state index is 0.621. The van der Waals surface area contributed by atoms with Crippen molar-refractivity contribution in [2.75, 3.05) is 6.54 Å². The average Bonchev–Trinajstić information content (AvgIpc) is 1.80. The summed E-state index contributed by atoms with van der Waals surface area (Å²) in [7, 11) is 0. The van der Waals surface area contributed by atoms with E-state index in [9.17, 15) is 0 Å². The molecule has 0 fully saturated rings. The van der Waals surface area contributed by atoms with Crippen molar-refractivity contribution in [1.29, 1.82) is 0 Å². The maximum Gasteiger partial charge on any atom is 0.0984 e. The van der Waals surface area contributed by atoms with Crippen LogP contribution in [0.1, 0.15) is 0 Å². The highest BCUT2D eigenvalue weighted by Gasteiger charge is 2.03. The first-order valence-electron chi connectivity index (χ1n) is 2.55. The third-order valence-corrected chi connectivity index (χ3v) is 1.81. The molecule has 0 amide bonds. The van der Waals surface area contributed by atoms with Crippen LogP contribution < -0.4 is 16.8 Å². The van der Waals surface area contributed by atoms with E-state index >= 15 is 0 Å². The Kier molecular flexibility index (Phi) is 1.66. The van der Waals surface area contributed by atoms with Crippen LogP contribution in [0.2, 0.25) is 0 Å². The summed E-state index contributed by atoms with van der Waals surface area (Å²) >= 11 is 3.27. The van der Waals surface area contributed by atoms with Gasteiger partial charge in [0.15, 0.2) is 0 Å². The Morgan fingerprint density at radius 1 is 1.56 bits per heavy atom.